The lowest BCUT2D eigenvalue weighted by atomic mass is 9.78. The lowest BCUT2D eigenvalue weighted by Gasteiger charge is -2.42. The van der Waals surface area contributed by atoms with Gasteiger partial charge in [-0.2, -0.15) is 0 Å². The van der Waals surface area contributed by atoms with Gasteiger partial charge >= 0.3 is 11.9 Å². The summed E-state index contributed by atoms with van der Waals surface area (Å²) < 4.78 is 9.97. The fourth-order valence-corrected chi connectivity index (χ4v) is 2.82. The predicted molar refractivity (Wildman–Crippen MR) is 87.3 cm³/mol. The second kappa shape index (κ2) is 7.73. The minimum Gasteiger partial charge on any atom is -0.504 e. The molecule has 1 aliphatic carbocycles. The number of aliphatic carboxylic acids is 1. The molecule has 9 heteroatoms. The molecule has 0 heterocycles. The van der Waals surface area contributed by atoms with Crippen LogP contribution < -0.4 is 0 Å². The van der Waals surface area contributed by atoms with E-state index in [9.17, 15) is 35.1 Å². The molecule has 0 unspecified atom stereocenters. The van der Waals surface area contributed by atoms with E-state index in [0.717, 1.165) is 13.2 Å². The van der Waals surface area contributed by atoms with Gasteiger partial charge in [0.1, 0.15) is 18.3 Å². The first kappa shape index (κ1) is 19.7. The highest BCUT2D eigenvalue weighted by Crippen LogP contribution is 2.34. The van der Waals surface area contributed by atoms with Gasteiger partial charge in [-0.25, -0.2) is 9.59 Å². The average molecular weight is 368 g/mol. The summed E-state index contributed by atoms with van der Waals surface area (Å²) in [5.74, 6) is -2.89. The second-order valence-electron chi connectivity index (χ2n) is 5.93. The number of hydrogen-bond acceptors (Lipinski definition) is 8. The number of carboxylic acid groups (broad SMARTS) is 1. The zero-order chi connectivity index (χ0) is 19.5. The number of benzene rings is 1. The van der Waals surface area contributed by atoms with Gasteiger partial charge < -0.3 is 35.0 Å². The number of ether oxygens (including phenoxy) is 2. The molecule has 142 valence electrons. The van der Waals surface area contributed by atoms with Crippen LogP contribution in [0.15, 0.2) is 24.3 Å². The number of aromatic hydroxyl groups is 2. The van der Waals surface area contributed by atoms with E-state index in [0.29, 0.717) is 5.56 Å². The number of aliphatic hydroxyl groups is 2. The fourth-order valence-electron chi connectivity index (χ4n) is 2.82. The molecule has 9 nitrogen and oxygen atoms in total. The van der Waals surface area contributed by atoms with Crippen molar-refractivity contribution in [1.82, 2.24) is 0 Å². The van der Waals surface area contributed by atoms with Crippen molar-refractivity contribution in [3.63, 3.8) is 0 Å². The topological polar surface area (TPSA) is 154 Å². The number of methoxy groups -OCH3 is 1. The molecular formula is C17H20O9. The van der Waals surface area contributed by atoms with E-state index in [1.807, 2.05) is 0 Å². The number of carbonyl (C=O) groups is 2. The molecule has 0 aliphatic heterocycles. The van der Waals surface area contributed by atoms with Crippen LogP contribution in [0.2, 0.25) is 0 Å². The van der Waals surface area contributed by atoms with Crippen molar-refractivity contribution in [2.75, 3.05) is 7.11 Å². The number of carboxylic acids is 1. The van der Waals surface area contributed by atoms with Gasteiger partial charge in [0.25, 0.3) is 0 Å². The third kappa shape index (κ3) is 3.79. The van der Waals surface area contributed by atoms with E-state index in [2.05, 4.69) is 0 Å². The third-order valence-corrected chi connectivity index (χ3v) is 4.39. The van der Waals surface area contributed by atoms with Gasteiger partial charge in [-0.15, -0.1) is 0 Å². The van der Waals surface area contributed by atoms with Crippen LogP contribution in [0.5, 0.6) is 11.5 Å². The van der Waals surface area contributed by atoms with Gasteiger partial charge in [0.2, 0.25) is 0 Å². The van der Waals surface area contributed by atoms with Crippen LogP contribution >= 0.6 is 0 Å². The maximum atomic E-state index is 11.9. The summed E-state index contributed by atoms with van der Waals surface area (Å²) in [6, 6.07) is 3.94. The average Bonchev–Trinajstić information content (AvgIpc) is 2.60. The van der Waals surface area contributed by atoms with Gasteiger partial charge in [0.15, 0.2) is 17.1 Å². The normalized spacial score (nSPS) is 28.8. The van der Waals surface area contributed by atoms with Crippen molar-refractivity contribution in [2.45, 2.75) is 36.8 Å². The Morgan fingerprint density at radius 3 is 2.50 bits per heavy atom. The predicted octanol–water partition coefficient (Wildman–Crippen LogP) is 0.00820. The van der Waals surface area contributed by atoms with Crippen molar-refractivity contribution in [2.24, 2.45) is 0 Å². The van der Waals surface area contributed by atoms with Crippen LogP contribution in [0.1, 0.15) is 18.4 Å². The Kier molecular flexibility index (Phi) is 5.86. The number of carbonyl (C=O) groups excluding carboxylic acids is 1. The van der Waals surface area contributed by atoms with Gasteiger partial charge in [-0.05, 0) is 36.6 Å². The van der Waals surface area contributed by atoms with Crippen LogP contribution in [0.4, 0.5) is 0 Å². The standard InChI is InChI=1S/C17H20O9/c1-25-17(16(23)24)7-6-12(14(21)15(17)22)26-13(20)5-3-9-2-4-10(18)11(19)8-9/h2-5,8,12,14-15,18-19,21-22H,6-7H2,1H3,(H,23,24)/b5-3+/t12-,14-,15+,17+/m1/s1. The first-order chi connectivity index (χ1) is 12.2. The summed E-state index contributed by atoms with van der Waals surface area (Å²) in [5.41, 5.74) is -1.53. The molecule has 0 amide bonds. The van der Waals surface area contributed by atoms with Gasteiger partial charge in [-0.1, -0.05) is 6.07 Å². The van der Waals surface area contributed by atoms with Crippen LogP contribution in [-0.2, 0) is 19.1 Å². The Hall–Kier alpha value is -2.62. The van der Waals surface area contributed by atoms with Gasteiger partial charge in [0, 0.05) is 13.2 Å². The lowest BCUT2D eigenvalue weighted by molar-refractivity contribution is -0.217. The maximum Gasteiger partial charge on any atom is 0.338 e. The number of phenols is 2. The largest absolute Gasteiger partial charge is 0.504 e. The molecule has 0 bridgehead atoms. The number of aliphatic hydroxyl groups excluding tert-OH is 2. The van der Waals surface area contributed by atoms with Crippen molar-refractivity contribution in [3.05, 3.63) is 29.8 Å². The fraction of sp³-hybridized carbons (Fsp3) is 0.412. The zero-order valence-electron chi connectivity index (χ0n) is 13.9. The van der Waals surface area contributed by atoms with Crippen LogP contribution in [0.25, 0.3) is 6.08 Å². The first-order valence-electron chi connectivity index (χ1n) is 7.76. The monoisotopic (exact) mass is 368 g/mol. The molecule has 1 aromatic rings. The SMILES string of the molecule is CO[C@@]1(C(=O)O)CC[C@@H](OC(=O)/C=C/c2ccc(O)c(O)c2)[C@@H](O)[C@@H]1O. The molecule has 5 N–H and O–H groups in total. The molecule has 4 atom stereocenters. The van der Waals surface area contributed by atoms with E-state index in [4.69, 9.17) is 9.47 Å². The summed E-state index contributed by atoms with van der Waals surface area (Å²) in [6.45, 7) is 0. The zero-order valence-corrected chi connectivity index (χ0v) is 13.9. The molecule has 0 radical (unpaired) electrons. The Labute approximate surface area is 148 Å². The molecule has 0 spiro atoms. The van der Waals surface area contributed by atoms with Crippen LogP contribution in [-0.4, -0.2) is 68.5 Å². The van der Waals surface area contributed by atoms with E-state index in [1.54, 1.807) is 0 Å². The van der Waals surface area contributed by atoms with Crippen LogP contribution in [0.3, 0.4) is 0 Å². The molecule has 2 rings (SSSR count). The summed E-state index contributed by atoms with van der Waals surface area (Å²) in [4.78, 5) is 23.2. The Morgan fingerprint density at radius 2 is 1.92 bits per heavy atom. The molecule has 0 saturated heterocycles. The summed E-state index contributed by atoms with van der Waals surface area (Å²) in [7, 11) is 1.12. The number of esters is 1. The Balaban J connectivity index is 2.02. The van der Waals surface area contributed by atoms with Gasteiger partial charge in [-0.3, -0.25) is 0 Å². The highest BCUT2D eigenvalue weighted by molar-refractivity contribution is 5.87. The molecular weight excluding hydrogens is 348 g/mol. The second-order valence-corrected chi connectivity index (χ2v) is 5.93. The molecule has 1 aliphatic rings. The van der Waals surface area contributed by atoms with Crippen molar-refractivity contribution < 1.29 is 44.6 Å². The third-order valence-electron chi connectivity index (χ3n) is 4.39. The Morgan fingerprint density at radius 1 is 1.23 bits per heavy atom. The molecule has 1 saturated carbocycles. The number of rotatable bonds is 5. The highest BCUT2D eigenvalue weighted by Gasteiger charge is 2.55. The smallest absolute Gasteiger partial charge is 0.338 e. The summed E-state index contributed by atoms with van der Waals surface area (Å²) in [6.07, 6.45) is -2.30. The van der Waals surface area contributed by atoms with Gasteiger partial charge in [0.05, 0.1) is 0 Å². The molecule has 26 heavy (non-hydrogen) atoms. The van der Waals surface area contributed by atoms with E-state index in [1.165, 1.54) is 24.3 Å². The number of hydrogen-bond donors (Lipinski definition) is 5. The van der Waals surface area contributed by atoms with Crippen LogP contribution in [0, 0.1) is 0 Å². The van der Waals surface area contributed by atoms with E-state index >= 15 is 0 Å². The summed E-state index contributed by atoms with van der Waals surface area (Å²) in [5, 5.41) is 48.0. The van der Waals surface area contributed by atoms with Crippen molar-refractivity contribution in [3.8, 4) is 11.5 Å². The van der Waals surface area contributed by atoms with Crippen molar-refractivity contribution in [1.29, 1.82) is 0 Å². The van der Waals surface area contributed by atoms with E-state index < -0.39 is 35.9 Å². The minimum absolute atomic E-state index is 0.0159. The Bertz CT molecular complexity index is 714. The molecule has 0 aromatic heterocycles. The first-order valence-corrected chi connectivity index (χ1v) is 7.76. The minimum atomic E-state index is -1.96. The highest BCUT2D eigenvalue weighted by atomic mass is 16.6. The number of phenolic OH excluding ortho intramolecular Hbond substituents is 2. The lowest BCUT2D eigenvalue weighted by Crippen LogP contribution is -2.62. The quantitative estimate of drug-likeness (QED) is 0.275. The molecule has 1 aromatic carbocycles. The summed E-state index contributed by atoms with van der Waals surface area (Å²) >= 11 is 0. The van der Waals surface area contributed by atoms with E-state index in [-0.39, 0.29) is 24.3 Å². The van der Waals surface area contributed by atoms with Crippen molar-refractivity contribution >= 4 is 18.0 Å². The molecule has 1 fully saturated rings. The maximum absolute atomic E-state index is 11.9.